The van der Waals surface area contributed by atoms with E-state index in [1.165, 1.54) is 5.56 Å². The number of hydrogen-bond acceptors (Lipinski definition) is 6. The predicted molar refractivity (Wildman–Crippen MR) is 112 cm³/mol. The van der Waals surface area contributed by atoms with Crippen LogP contribution in [0.3, 0.4) is 0 Å². The lowest BCUT2D eigenvalue weighted by atomic mass is 10.1. The van der Waals surface area contributed by atoms with Crippen molar-refractivity contribution in [2.45, 2.75) is 38.9 Å². The van der Waals surface area contributed by atoms with Gasteiger partial charge in [-0.2, -0.15) is 4.98 Å². The van der Waals surface area contributed by atoms with Crippen molar-refractivity contribution >= 4 is 11.7 Å². The molecule has 4 rings (SSSR count). The maximum atomic E-state index is 12.6. The first-order chi connectivity index (χ1) is 14.7. The molecule has 1 N–H and O–H groups in total. The molecule has 156 valence electrons. The van der Waals surface area contributed by atoms with Crippen molar-refractivity contribution in [2.75, 3.05) is 18.4 Å². The zero-order chi connectivity index (χ0) is 20.8. The van der Waals surface area contributed by atoms with Gasteiger partial charge in [0, 0.05) is 36.7 Å². The third-order valence-electron chi connectivity index (χ3n) is 5.13. The molecule has 0 saturated carbocycles. The Morgan fingerprint density at radius 2 is 2.03 bits per heavy atom. The van der Waals surface area contributed by atoms with Gasteiger partial charge in [0.15, 0.2) is 0 Å². The lowest BCUT2D eigenvalue weighted by molar-refractivity contribution is -0.00916. The summed E-state index contributed by atoms with van der Waals surface area (Å²) >= 11 is 0. The largest absolute Gasteiger partial charge is 0.367 e. The molecule has 1 aromatic carbocycles. The molecule has 1 aliphatic rings. The Bertz CT molecular complexity index is 958. The molecule has 8 heteroatoms. The first kappa shape index (κ1) is 20.0. The van der Waals surface area contributed by atoms with Crippen molar-refractivity contribution in [1.29, 1.82) is 0 Å². The second kappa shape index (κ2) is 9.49. The molecule has 3 heterocycles. The molecular weight excluding hydrogens is 382 g/mol. The van der Waals surface area contributed by atoms with Crippen LogP contribution < -0.4 is 5.32 Å². The van der Waals surface area contributed by atoms with Crippen LogP contribution in [0.2, 0.25) is 0 Å². The number of aryl methyl sites for hydroxylation is 1. The van der Waals surface area contributed by atoms with Gasteiger partial charge in [0.2, 0.25) is 5.82 Å². The highest BCUT2D eigenvalue weighted by Crippen LogP contribution is 2.19. The van der Waals surface area contributed by atoms with Crippen molar-refractivity contribution in [3.8, 4) is 11.4 Å². The summed E-state index contributed by atoms with van der Waals surface area (Å²) in [5, 5.41) is 6.95. The predicted octanol–water partition coefficient (Wildman–Crippen LogP) is 3.91. The van der Waals surface area contributed by atoms with Crippen LogP contribution in [-0.2, 0) is 17.8 Å². The van der Waals surface area contributed by atoms with Crippen LogP contribution >= 0.6 is 0 Å². The number of aromatic nitrogens is 3. The van der Waals surface area contributed by atoms with Crippen LogP contribution in [-0.4, -0.2) is 45.2 Å². The molecule has 1 fully saturated rings. The quantitative estimate of drug-likeness (QED) is 0.666. The maximum Gasteiger partial charge on any atom is 0.321 e. The number of urea groups is 1. The Kier molecular flexibility index (Phi) is 6.34. The topological polar surface area (TPSA) is 93.4 Å². The van der Waals surface area contributed by atoms with Crippen molar-refractivity contribution in [3.63, 3.8) is 0 Å². The summed E-state index contributed by atoms with van der Waals surface area (Å²) in [6.07, 6.45) is 6.05. The molecule has 3 aromatic rings. The molecule has 0 radical (unpaired) electrons. The number of benzene rings is 1. The smallest absolute Gasteiger partial charge is 0.321 e. The average molecular weight is 407 g/mol. The molecule has 0 spiro atoms. The fraction of sp³-hybridized carbons (Fsp3) is 0.364. The van der Waals surface area contributed by atoms with Crippen LogP contribution in [0, 0.1) is 0 Å². The second-order valence-electron chi connectivity index (χ2n) is 7.25. The second-order valence-corrected chi connectivity index (χ2v) is 7.25. The van der Waals surface area contributed by atoms with Gasteiger partial charge in [-0.15, -0.1) is 0 Å². The fourth-order valence-corrected chi connectivity index (χ4v) is 3.41. The summed E-state index contributed by atoms with van der Waals surface area (Å²) in [5.41, 5.74) is 2.88. The minimum atomic E-state index is -0.106. The van der Waals surface area contributed by atoms with Gasteiger partial charge in [0.1, 0.15) is 6.61 Å². The monoisotopic (exact) mass is 407 g/mol. The number of nitrogens with zero attached hydrogens (tertiary/aromatic N) is 4. The van der Waals surface area contributed by atoms with E-state index in [2.05, 4.69) is 27.4 Å². The summed E-state index contributed by atoms with van der Waals surface area (Å²) in [4.78, 5) is 22.8. The number of rotatable bonds is 6. The molecular formula is C22H25N5O3. The van der Waals surface area contributed by atoms with Gasteiger partial charge in [-0.25, -0.2) is 4.79 Å². The van der Waals surface area contributed by atoms with Gasteiger partial charge in [-0.3, -0.25) is 4.98 Å². The van der Waals surface area contributed by atoms with Crippen LogP contribution in [0.4, 0.5) is 10.5 Å². The molecule has 1 aliphatic heterocycles. The van der Waals surface area contributed by atoms with Gasteiger partial charge >= 0.3 is 6.03 Å². The van der Waals surface area contributed by atoms with Crippen LogP contribution in [0.5, 0.6) is 0 Å². The zero-order valence-electron chi connectivity index (χ0n) is 17.0. The Balaban J connectivity index is 1.28. The van der Waals surface area contributed by atoms with E-state index in [4.69, 9.17) is 9.26 Å². The Morgan fingerprint density at radius 1 is 1.23 bits per heavy atom. The Labute approximate surface area is 175 Å². The maximum absolute atomic E-state index is 12.6. The van der Waals surface area contributed by atoms with E-state index in [0.717, 1.165) is 30.5 Å². The molecule has 2 amide bonds. The van der Waals surface area contributed by atoms with Gasteiger partial charge in [-0.1, -0.05) is 24.2 Å². The third-order valence-corrected chi connectivity index (χ3v) is 5.13. The van der Waals surface area contributed by atoms with Crippen LogP contribution in [0.25, 0.3) is 11.4 Å². The lowest BCUT2D eigenvalue weighted by Gasteiger charge is -2.32. The molecule has 8 nitrogen and oxygen atoms in total. The van der Waals surface area contributed by atoms with Gasteiger partial charge in [0.05, 0.1) is 6.10 Å². The number of amides is 2. The fourth-order valence-electron chi connectivity index (χ4n) is 3.41. The Morgan fingerprint density at radius 3 is 2.80 bits per heavy atom. The van der Waals surface area contributed by atoms with E-state index in [-0.39, 0.29) is 18.7 Å². The summed E-state index contributed by atoms with van der Waals surface area (Å²) in [7, 11) is 0. The van der Waals surface area contributed by atoms with E-state index < -0.39 is 0 Å². The summed E-state index contributed by atoms with van der Waals surface area (Å²) < 4.78 is 11.2. The first-order valence-corrected chi connectivity index (χ1v) is 10.2. The standard InChI is InChI=1S/C22H25N5O3/c1-2-16-5-7-18(8-6-16)24-22(28)27-13-3-4-19(14-27)29-15-20-25-21(26-30-20)17-9-11-23-12-10-17/h5-12,19H,2-4,13-15H2,1H3,(H,24,28). The highest BCUT2D eigenvalue weighted by atomic mass is 16.5. The minimum Gasteiger partial charge on any atom is -0.367 e. The van der Waals surface area contributed by atoms with Gasteiger partial charge < -0.3 is 19.5 Å². The number of carbonyl (C=O) groups excluding carboxylic acids is 1. The lowest BCUT2D eigenvalue weighted by Crippen LogP contribution is -2.45. The highest BCUT2D eigenvalue weighted by Gasteiger charge is 2.25. The number of likely N-dealkylation sites (tertiary alicyclic amines) is 1. The van der Waals surface area contributed by atoms with E-state index in [0.29, 0.717) is 24.8 Å². The number of nitrogens with one attached hydrogen (secondary N) is 1. The molecule has 30 heavy (non-hydrogen) atoms. The van der Waals surface area contributed by atoms with Crippen LogP contribution in [0.15, 0.2) is 53.3 Å². The summed E-state index contributed by atoms with van der Waals surface area (Å²) in [5.74, 6) is 0.925. The van der Waals surface area contributed by atoms with Crippen molar-refractivity contribution < 1.29 is 14.1 Å². The van der Waals surface area contributed by atoms with Crippen molar-refractivity contribution in [1.82, 2.24) is 20.0 Å². The SMILES string of the molecule is CCc1ccc(NC(=O)N2CCCC(OCc3nc(-c4ccncc4)no3)C2)cc1. The van der Waals surface area contributed by atoms with E-state index in [9.17, 15) is 4.79 Å². The average Bonchev–Trinajstić information content (AvgIpc) is 3.28. The van der Waals surface area contributed by atoms with Gasteiger partial charge in [-0.05, 0) is 49.1 Å². The first-order valence-electron chi connectivity index (χ1n) is 10.2. The third kappa shape index (κ3) is 5.01. The normalized spacial score (nSPS) is 16.4. The Hall–Kier alpha value is -3.26. The van der Waals surface area contributed by atoms with E-state index >= 15 is 0 Å². The van der Waals surface area contributed by atoms with Crippen molar-refractivity contribution in [3.05, 3.63) is 60.2 Å². The van der Waals surface area contributed by atoms with E-state index in [1.807, 2.05) is 36.4 Å². The molecule has 1 unspecified atom stereocenters. The van der Waals surface area contributed by atoms with Crippen molar-refractivity contribution in [2.24, 2.45) is 0 Å². The molecule has 1 atom stereocenters. The summed E-state index contributed by atoms with van der Waals surface area (Å²) in [6, 6.07) is 11.5. The highest BCUT2D eigenvalue weighted by molar-refractivity contribution is 5.89. The van der Waals surface area contributed by atoms with Crippen LogP contribution in [0.1, 0.15) is 31.2 Å². The number of carbonyl (C=O) groups is 1. The molecule has 0 aliphatic carbocycles. The number of hydrogen-bond donors (Lipinski definition) is 1. The van der Waals surface area contributed by atoms with E-state index in [1.54, 1.807) is 17.3 Å². The minimum absolute atomic E-state index is 0.0664. The number of piperidine rings is 1. The molecule has 0 bridgehead atoms. The molecule has 2 aromatic heterocycles. The zero-order valence-corrected chi connectivity index (χ0v) is 17.0. The number of ether oxygens (including phenoxy) is 1. The molecule has 1 saturated heterocycles. The number of anilines is 1. The van der Waals surface area contributed by atoms with Gasteiger partial charge in [0.25, 0.3) is 5.89 Å². The number of pyridine rings is 1. The summed E-state index contributed by atoms with van der Waals surface area (Å²) in [6.45, 7) is 3.57.